The molecule has 0 aliphatic carbocycles. The summed E-state index contributed by atoms with van der Waals surface area (Å²) >= 11 is 0. The number of halogens is 1. The van der Waals surface area contributed by atoms with E-state index in [0.29, 0.717) is 22.9 Å². The highest BCUT2D eigenvalue weighted by molar-refractivity contribution is 7.89. The summed E-state index contributed by atoms with van der Waals surface area (Å²) in [4.78, 5) is 2.60. The fourth-order valence-electron chi connectivity index (χ4n) is 4.34. The molecule has 0 bridgehead atoms. The molecule has 32 heavy (non-hydrogen) atoms. The normalized spacial score (nSPS) is 15.6. The van der Waals surface area contributed by atoms with Crippen LogP contribution in [-0.4, -0.2) is 49.2 Å². The highest BCUT2D eigenvalue weighted by Gasteiger charge is 2.28. The predicted molar refractivity (Wildman–Crippen MR) is 120 cm³/mol. The first-order chi connectivity index (χ1) is 15.4. The van der Waals surface area contributed by atoms with Crippen LogP contribution in [0.5, 0.6) is 0 Å². The Balaban J connectivity index is 1.08. The summed E-state index contributed by atoms with van der Waals surface area (Å²) < 4.78 is 48.5. The number of hydrogen-bond donors (Lipinski definition) is 1. The van der Waals surface area contributed by atoms with Crippen molar-refractivity contribution in [3.8, 4) is 0 Å². The summed E-state index contributed by atoms with van der Waals surface area (Å²) in [7, 11) is -1.59. The van der Waals surface area contributed by atoms with Crippen molar-refractivity contribution in [1.29, 1.82) is 0 Å². The second-order valence-corrected chi connectivity index (χ2v) is 10.3. The summed E-state index contributed by atoms with van der Waals surface area (Å²) in [5, 5.41) is 5.83. The first-order valence-electron chi connectivity index (χ1n) is 10.7. The van der Waals surface area contributed by atoms with Gasteiger partial charge in [-0.3, -0.25) is 0 Å². The number of sulfonamides is 1. The van der Waals surface area contributed by atoms with Crippen LogP contribution in [0.2, 0.25) is 0 Å². The van der Waals surface area contributed by atoms with E-state index in [1.807, 2.05) is 29.9 Å². The third kappa shape index (κ3) is 4.15. The molecule has 2 aromatic heterocycles. The van der Waals surface area contributed by atoms with E-state index in [-0.39, 0.29) is 5.82 Å². The van der Waals surface area contributed by atoms with Crippen LogP contribution in [0, 0.1) is 11.7 Å². The molecule has 5 rings (SSSR count). The van der Waals surface area contributed by atoms with Gasteiger partial charge < -0.3 is 14.0 Å². The van der Waals surface area contributed by atoms with E-state index < -0.39 is 10.0 Å². The molecule has 1 saturated heterocycles. The third-order valence-corrected chi connectivity index (χ3v) is 7.58. The number of benzene rings is 2. The summed E-state index contributed by atoms with van der Waals surface area (Å²) in [5.41, 5.74) is 2.33. The number of nitrogens with zero attached hydrogens (tertiary/aromatic N) is 3. The van der Waals surface area contributed by atoms with Gasteiger partial charge in [0.25, 0.3) is 0 Å². The monoisotopic (exact) mass is 456 g/mol. The number of nitrogens with one attached hydrogen (secondary N) is 1. The highest BCUT2D eigenvalue weighted by Crippen LogP contribution is 2.23. The molecule has 0 saturated carbocycles. The molecule has 0 radical (unpaired) electrons. The minimum Gasteiger partial charge on any atom is -0.356 e. The number of aryl methyl sites for hydroxylation is 2. The maximum absolute atomic E-state index is 13.3. The lowest BCUT2D eigenvalue weighted by Crippen LogP contribution is -2.51. The summed E-state index contributed by atoms with van der Waals surface area (Å²) in [6, 6.07) is 11.6. The van der Waals surface area contributed by atoms with Gasteiger partial charge >= 0.3 is 0 Å². The minimum atomic E-state index is -3.52. The van der Waals surface area contributed by atoms with Crippen LogP contribution in [0.4, 0.5) is 4.39 Å². The Kier molecular flexibility index (Phi) is 5.48. The first-order valence-corrected chi connectivity index (χ1v) is 12.2. The minimum absolute atomic E-state index is 0.298. The van der Waals surface area contributed by atoms with Gasteiger partial charge in [-0.1, -0.05) is 5.16 Å². The molecule has 0 amide bonds. The van der Waals surface area contributed by atoms with Crippen LogP contribution < -0.4 is 4.72 Å². The van der Waals surface area contributed by atoms with Crippen molar-refractivity contribution in [3.63, 3.8) is 0 Å². The smallest absolute Gasteiger partial charge is 0.240 e. The van der Waals surface area contributed by atoms with Gasteiger partial charge in [-0.25, -0.2) is 17.5 Å². The van der Waals surface area contributed by atoms with Gasteiger partial charge in [-0.2, -0.15) is 0 Å². The van der Waals surface area contributed by atoms with E-state index in [1.165, 1.54) is 12.1 Å². The standard InChI is InChI=1S/C23H25FN4O3S/c1-27-10-8-17-11-19(5-7-22(17)27)32(29,30)25-13-16-14-28(15-16)9-2-3-21-20-6-4-18(24)12-23(20)31-26-21/h4-8,10-12,16,25H,2-3,9,13-15H2,1H3. The molecular weight excluding hydrogens is 431 g/mol. The van der Waals surface area contributed by atoms with Crippen LogP contribution in [0.1, 0.15) is 12.1 Å². The molecule has 3 heterocycles. The number of rotatable bonds is 8. The Morgan fingerprint density at radius 2 is 2.03 bits per heavy atom. The summed E-state index contributed by atoms with van der Waals surface area (Å²) in [5.74, 6) is -0.0239. The average molecular weight is 457 g/mol. The number of hydrogen-bond acceptors (Lipinski definition) is 5. The van der Waals surface area contributed by atoms with E-state index in [1.54, 1.807) is 18.2 Å². The van der Waals surface area contributed by atoms with Crippen molar-refractivity contribution in [2.45, 2.75) is 17.7 Å². The van der Waals surface area contributed by atoms with E-state index in [4.69, 9.17) is 4.52 Å². The van der Waals surface area contributed by atoms with Crippen molar-refractivity contribution in [2.75, 3.05) is 26.2 Å². The quantitative estimate of drug-likeness (QED) is 0.440. The SMILES string of the molecule is Cn1ccc2cc(S(=O)(=O)NCC3CN(CCCc4noc5cc(F)ccc45)C3)ccc21. The van der Waals surface area contributed by atoms with Gasteiger partial charge in [-0.05, 0) is 61.7 Å². The average Bonchev–Trinajstić information content (AvgIpc) is 3.31. The maximum atomic E-state index is 13.3. The van der Waals surface area contributed by atoms with Gasteiger partial charge in [0.05, 0.1) is 10.6 Å². The van der Waals surface area contributed by atoms with Gasteiger partial charge in [0, 0.05) is 55.2 Å². The second kappa shape index (κ2) is 8.31. The summed E-state index contributed by atoms with van der Waals surface area (Å²) in [6.07, 6.45) is 3.59. The van der Waals surface area contributed by atoms with Gasteiger partial charge in [-0.15, -0.1) is 0 Å². The Labute approximate surface area is 185 Å². The summed E-state index contributed by atoms with van der Waals surface area (Å²) in [6.45, 7) is 3.07. The van der Waals surface area contributed by atoms with Crippen molar-refractivity contribution in [2.24, 2.45) is 13.0 Å². The van der Waals surface area contributed by atoms with E-state index in [9.17, 15) is 12.8 Å². The number of aromatic nitrogens is 2. The molecule has 1 fully saturated rings. The Morgan fingerprint density at radius 1 is 1.19 bits per heavy atom. The second-order valence-electron chi connectivity index (χ2n) is 8.50. The van der Waals surface area contributed by atoms with E-state index in [0.717, 1.165) is 54.5 Å². The highest BCUT2D eigenvalue weighted by atomic mass is 32.2. The van der Waals surface area contributed by atoms with Crippen molar-refractivity contribution < 1.29 is 17.3 Å². The molecule has 0 atom stereocenters. The Bertz CT molecular complexity index is 1370. The Hall–Kier alpha value is -2.75. The van der Waals surface area contributed by atoms with E-state index >= 15 is 0 Å². The van der Waals surface area contributed by atoms with Crippen LogP contribution in [-0.2, 0) is 23.5 Å². The van der Waals surface area contributed by atoms with Crippen LogP contribution >= 0.6 is 0 Å². The van der Waals surface area contributed by atoms with Crippen molar-refractivity contribution >= 4 is 31.9 Å². The van der Waals surface area contributed by atoms with Crippen LogP contribution in [0.25, 0.3) is 21.9 Å². The van der Waals surface area contributed by atoms with E-state index in [2.05, 4.69) is 14.8 Å². The van der Waals surface area contributed by atoms with Crippen LogP contribution in [0.3, 0.4) is 0 Å². The fourth-order valence-corrected chi connectivity index (χ4v) is 5.49. The zero-order valence-corrected chi connectivity index (χ0v) is 18.6. The fraction of sp³-hybridized carbons (Fsp3) is 0.348. The predicted octanol–water partition coefficient (Wildman–Crippen LogP) is 3.30. The van der Waals surface area contributed by atoms with Crippen molar-refractivity contribution in [3.05, 3.63) is 60.2 Å². The van der Waals surface area contributed by atoms with Gasteiger partial charge in [0.15, 0.2) is 5.58 Å². The molecule has 168 valence electrons. The molecule has 4 aromatic rings. The lowest BCUT2D eigenvalue weighted by atomic mass is 10.00. The van der Waals surface area contributed by atoms with Gasteiger partial charge in [0.2, 0.25) is 10.0 Å². The molecule has 0 unspecified atom stereocenters. The molecular formula is C23H25FN4O3S. The number of fused-ring (bicyclic) bond motifs is 2. The lowest BCUT2D eigenvalue weighted by Gasteiger charge is -2.39. The maximum Gasteiger partial charge on any atom is 0.240 e. The lowest BCUT2D eigenvalue weighted by molar-refractivity contribution is 0.102. The topological polar surface area (TPSA) is 80.4 Å². The van der Waals surface area contributed by atoms with Gasteiger partial charge in [0.1, 0.15) is 5.82 Å². The zero-order valence-electron chi connectivity index (χ0n) is 17.8. The molecule has 9 heteroatoms. The molecule has 1 aliphatic heterocycles. The zero-order chi connectivity index (χ0) is 22.3. The molecule has 1 aliphatic rings. The van der Waals surface area contributed by atoms with Crippen LogP contribution in [0.15, 0.2) is 58.1 Å². The first kappa shape index (κ1) is 21.1. The third-order valence-electron chi connectivity index (χ3n) is 6.16. The van der Waals surface area contributed by atoms with Crippen molar-refractivity contribution in [1.82, 2.24) is 19.3 Å². The molecule has 7 nitrogen and oxygen atoms in total. The molecule has 2 aromatic carbocycles. The Morgan fingerprint density at radius 3 is 2.88 bits per heavy atom. The molecule has 0 spiro atoms. The largest absolute Gasteiger partial charge is 0.356 e. The number of likely N-dealkylation sites (tertiary alicyclic amines) is 1. The molecule has 1 N–H and O–H groups in total.